The largest absolute Gasteiger partial charge is 0.478 e. The van der Waals surface area contributed by atoms with Gasteiger partial charge in [0.25, 0.3) is 0 Å². The number of carboxylic acid groups (broad SMARTS) is 1. The van der Waals surface area contributed by atoms with Crippen molar-refractivity contribution in [2.24, 2.45) is 0 Å². The van der Waals surface area contributed by atoms with Crippen LogP contribution in [0.1, 0.15) is 51.9 Å². The lowest BCUT2D eigenvalue weighted by atomic mass is 10.1. The van der Waals surface area contributed by atoms with Crippen LogP contribution in [0.5, 0.6) is 0 Å². The minimum Gasteiger partial charge on any atom is -0.478 e. The van der Waals surface area contributed by atoms with Crippen molar-refractivity contribution < 1.29 is 19.4 Å². The van der Waals surface area contributed by atoms with Gasteiger partial charge in [0.2, 0.25) is 0 Å². The molecule has 0 fully saturated rings. The van der Waals surface area contributed by atoms with Gasteiger partial charge in [-0.3, -0.25) is 4.79 Å². The van der Waals surface area contributed by atoms with Crippen molar-refractivity contribution in [2.45, 2.75) is 51.9 Å². The summed E-state index contributed by atoms with van der Waals surface area (Å²) in [5, 5.41) is 8.35. The molecular weight excluding hydrogens is 220 g/mol. The lowest BCUT2D eigenvalue weighted by Crippen LogP contribution is -2.03. The molecule has 17 heavy (non-hydrogen) atoms. The standard InChI is InChI=1S/C13H22O4/c1-2-13(16)17-11-9-7-5-3-4-6-8-10-12(14)15/h8,10H,2-7,9,11H2,1H3,(H,14,15)/b10-8+. The van der Waals surface area contributed by atoms with Gasteiger partial charge in [0, 0.05) is 12.5 Å². The van der Waals surface area contributed by atoms with Crippen molar-refractivity contribution in [1.82, 2.24) is 0 Å². The summed E-state index contributed by atoms with van der Waals surface area (Å²) in [5.41, 5.74) is 0. The van der Waals surface area contributed by atoms with Gasteiger partial charge >= 0.3 is 11.9 Å². The van der Waals surface area contributed by atoms with Crippen LogP contribution in [-0.2, 0) is 14.3 Å². The zero-order chi connectivity index (χ0) is 12.9. The fourth-order valence-electron chi connectivity index (χ4n) is 1.37. The molecule has 0 saturated heterocycles. The zero-order valence-corrected chi connectivity index (χ0v) is 10.5. The van der Waals surface area contributed by atoms with Gasteiger partial charge in [-0.05, 0) is 19.3 Å². The highest BCUT2D eigenvalue weighted by Gasteiger charge is 1.97. The number of hydrogen-bond acceptors (Lipinski definition) is 3. The van der Waals surface area contributed by atoms with Crippen LogP contribution in [0.15, 0.2) is 12.2 Å². The van der Waals surface area contributed by atoms with E-state index in [1.165, 1.54) is 6.08 Å². The molecule has 0 atom stereocenters. The normalized spacial score (nSPS) is 10.6. The summed E-state index contributed by atoms with van der Waals surface area (Å²) in [6.45, 7) is 2.30. The maximum absolute atomic E-state index is 10.8. The van der Waals surface area contributed by atoms with Crippen molar-refractivity contribution in [1.29, 1.82) is 0 Å². The average molecular weight is 242 g/mol. The molecule has 0 rings (SSSR count). The second kappa shape index (κ2) is 11.2. The first-order valence-electron chi connectivity index (χ1n) is 6.22. The number of allylic oxidation sites excluding steroid dienone is 1. The predicted molar refractivity (Wildman–Crippen MR) is 65.7 cm³/mol. The first-order chi connectivity index (χ1) is 8.16. The number of carboxylic acids is 1. The fraction of sp³-hybridized carbons (Fsp3) is 0.692. The van der Waals surface area contributed by atoms with E-state index in [-0.39, 0.29) is 5.97 Å². The Balaban J connectivity index is 3.14. The number of carbonyl (C=O) groups is 2. The van der Waals surface area contributed by atoms with E-state index in [0.29, 0.717) is 13.0 Å². The van der Waals surface area contributed by atoms with Crippen LogP contribution in [0.2, 0.25) is 0 Å². The van der Waals surface area contributed by atoms with E-state index < -0.39 is 5.97 Å². The van der Waals surface area contributed by atoms with Crippen LogP contribution in [0.3, 0.4) is 0 Å². The summed E-state index contributed by atoms with van der Waals surface area (Å²) in [5.74, 6) is -1.02. The van der Waals surface area contributed by atoms with E-state index in [2.05, 4.69) is 0 Å². The average Bonchev–Trinajstić information content (AvgIpc) is 2.30. The summed E-state index contributed by atoms with van der Waals surface area (Å²) < 4.78 is 4.95. The molecule has 0 aliphatic heterocycles. The molecule has 98 valence electrons. The van der Waals surface area contributed by atoms with Crippen molar-refractivity contribution >= 4 is 11.9 Å². The monoisotopic (exact) mass is 242 g/mol. The van der Waals surface area contributed by atoms with Gasteiger partial charge in [0.1, 0.15) is 0 Å². The van der Waals surface area contributed by atoms with Gasteiger partial charge in [0.15, 0.2) is 0 Å². The lowest BCUT2D eigenvalue weighted by Gasteiger charge is -2.02. The van der Waals surface area contributed by atoms with E-state index in [0.717, 1.165) is 38.5 Å². The molecule has 0 spiro atoms. The molecule has 0 aliphatic carbocycles. The lowest BCUT2D eigenvalue weighted by molar-refractivity contribution is -0.143. The number of ether oxygens (including phenoxy) is 1. The molecule has 0 radical (unpaired) electrons. The quantitative estimate of drug-likeness (QED) is 0.363. The maximum atomic E-state index is 10.8. The van der Waals surface area contributed by atoms with E-state index in [4.69, 9.17) is 9.84 Å². The molecule has 0 amide bonds. The van der Waals surface area contributed by atoms with Gasteiger partial charge < -0.3 is 9.84 Å². The molecule has 0 saturated carbocycles. The Morgan fingerprint density at radius 2 is 1.76 bits per heavy atom. The van der Waals surface area contributed by atoms with Gasteiger partial charge in [-0.1, -0.05) is 32.3 Å². The molecule has 4 heteroatoms. The van der Waals surface area contributed by atoms with Crippen LogP contribution in [-0.4, -0.2) is 23.7 Å². The molecule has 0 aromatic rings. The van der Waals surface area contributed by atoms with Gasteiger partial charge in [0.05, 0.1) is 6.61 Å². The highest BCUT2D eigenvalue weighted by molar-refractivity contribution is 5.79. The molecule has 0 aromatic carbocycles. The van der Waals surface area contributed by atoms with Crippen LogP contribution in [0.25, 0.3) is 0 Å². The highest BCUT2D eigenvalue weighted by atomic mass is 16.5. The van der Waals surface area contributed by atoms with E-state index >= 15 is 0 Å². The first-order valence-corrected chi connectivity index (χ1v) is 6.22. The summed E-state index contributed by atoms with van der Waals surface area (Å²) in [6, 6.07) is 0. The number of carbonyl (C=O) groups excluding carboxylic acids is 1. The van der Waals surface area contributed by atoms with Crippen molar-refractivity contribution in [3.05, 3.63) is 12.2 Å². The Kier molecular flexibility index (Phi) is 10.3. The van der Waals surface area contributed by atoms with E-state index in [9.17, 15) is 9.59 Å². The molecule has 0 bridgehead atoms. The predicted octanol–water partition coefficient (Wildman–Crippen LogP) is 2.92. The van der Waals surface area contributed by atoms with Gasteiger partial charge in [-0.25, -0.2) is 4.79 Å². The van der Waals surface area contributed by atoms with Crippen LogP contribution >= 0.6 is 0 Å². The first kappa shape index (κ1) is 15.7. The SMILES string of the molecule is CCC(=O)OCCCCCCC/C=C/C(=O)O. The molecule has 0 aromatic heterocycles. The smallest absolute Gasteiger partial charge is 0.327 e. The minimum absolute atomic E-state index is 0.135. The Bertz CT molecular complexity index is 246. The van der Waals surface area contributed by atoms with E-state index in [1.54, 1.807) is 13.0 Å². The molecular formula is C13H22O4. The number of rotatable bonds is 10. The van der Waals surface area contributed by atoms with Crippen LogP contribution in [0.4, 0.5) is 0 Å². The Morgan fingerprint density at radius 3 is 2.41 bits per heavy atom. The number of esters is 1. The molecule has 4 nitrogen and oxygen atoms in total. The third-order valence-electron chi connectivity index (χ3n) is 2.33. The highest BCUT2D eigenvalue weighted by Crippen LogP contribution is 2.06. The second-order valence-electron chi connectivity index (χ2n) is 3.87. The zero-order valence-electron chi connectivity index (χ0n) is 10.5. The second-order valence-corrected chi connectivity index (χ2v) is 3.87. The molecule has 0 aliphatic rings. The summed E-state index contributed by atoms with van der Waals surface area (Å²) in [7, 11) is 0. The maximum Gasteiger partial charge on any atom is 0.327 e. The Morgan fingerprint density at radius 1 is 1.12 bits per heavy atom. The van der Waals surface area contributed by atoms with Crippen molar-refractivity contribution in [3.8, 4) is 0 Å². The van der Waals surface area contributed by atoms with Gasteiger partial charge in [-0.2, -0.15) is 0 Å². The number of aliphatic carboxylic acids is 1. The third-order valence-corrected chi connectivity index (χ3v) is 2.33. The topological polar surface area (TPSA) is 63.6 Å². The summed E-state index contributed by atoms with van der Waals surface area (Å²) in [6.07, 6.45) is 9.30. The summed E-state index contributed by atoms with van der Waals surface area (Å²) >= 11 is 0. The summed E-state index contributed by atoms with van der Waals surface area (Å²) in [4.78, 5) is 21.0. The Hall–Kier alpha value is -1.32. The minimum atomic E-state index is -0.886. The van der Waals surface area contributed by atoms with Crippen molar-refractivity contribution in [3.63, 3.8) is 0 Å². The molecule has 1 N–H and O–H groups in total. The molecule has 0 unspecified atom stereocenters. The fourth-order valence-corrected chi connectivity index (χ4v) is 1.37. The molecule has 0 heterocycles. The van der Waals surface area contributed by atoms with Crippen molar-refractivity contribution in [2.75, 3.05) is 6.61 Å². The van der Waals surface area contributed by atoms with Gasteiger partial charge in [-0.15, -0.1) is 0 Å². The van der Waals surface area contributed by atoms with Crippen LogP contribution < -0.4 is 0 Å². The number of unbranched alkanes of at least 4 members (excludes halogenated alkanes) is 5. The van der Waals surface area contributed by atoms with E-state index in [1.807, 2.05) is 0 Å². The Labute approximate surface area is 103 Å². The number of hydrogen-bond donors (Lipinski definition) is 1. The third kappa shape index (κ3) is 12.6. The van der Waals surface area contributed by atoms with Crippen LogP contribution in [0, 0.1) is 0 Å².